The van der Waals surface area contributed by atoms with Crippen molar-refractivity contribution in [2.45, 2.75) is 13.5 Å². The quantitative estimate of drug-likeness (QED) is 0.763. The predicted octanol–water partition coefficient (Wildman–Crippen LogP) is 3.26. The summed E-state index contributed by atoms with van der Waals surface area (Å²) in [7, 11) is 0. The van der Waals surface area contributed by atoms with Gasteiger partial charge in [0.15, 0.2) is 0 Å². The minimum Gasteiger partial charge on any atom is -0.508 e. The van der Waals surface area contributed by atoms with Crippen LogP contribution in [0.3, 0.4) is 0 Å². The van der Waals surface area contributed by atoms with Gasteiger partial charge in [-0.15, -0.1) is 0 Å². The number of benzene rings is 1. The Kier molecular flexibility index (Phi) is 3.21. The highest BCUT2D eigenvalue weighted by molar-refractivity contribution is 5.92. The molecule has 1 aromatic carbocycles. The van der Waals surface area contributed by atoms with Gasteiger partial charge < -0.3 is 10.4 Å². The first kappa shape index (κ1) is 12.4. The van der Waals surface area contributed by atoms with Gasteiger partial charge in [0.2, 0.25) is 0 Å². The van der Waals surface area contributed by atoms with Crippen LogP contribution in [0.25, 0.3) is 10.8 Å². The number of aromatic hydroxyl groups is 1. The van der Waals surface area contributed by atoms with Crippen LogP contribution < -0.4 is 5.32 Å². The van der Waals surface area contributed by atoms with E-state index in [9.17, 15) is 5.11 Å². The lowest BCUT2D eigenvalue weighted by Crippen LogP contribution is -2.05. The largest absolute Gasteiger partial charge is 0.508 e. The fraction of sp³-hybridized carbons (Fsp3) is 0.125. The maximum Gasteiger partial charge on any atom is 0.134 e. The molecule has 2 heterocycles. The van der Waals surface area contributed by atoms with Gasteiger partial charge in [0.25, 0.3) is 0 Å². The van der Waals surface area contributed by atoms with E-state index >= 15 is 0 Å². The van der Waals surface area contributed by atoms with Gasteiger partial charge in [-0.25, -0.2) is 4.98 Å². The SMILES string of the molecule is Cc1cccnc1CNc1nccc2ccc(O)cc12. The Hall–Kier alpha value is -2.62. The van der Waals surface area contributed by atoms with E-state index in [-0.39, 0.29) is 5.75 Å². The summed E-state index contributed by atoms with van der Waals surface area (Å²) in [5.74, 6) is 0.992. The molecule has 0 radical (unpaired) electrons. The molecule has 2 aromatic heterocycles. The lowest BCUT2D eigenvalue weighted by Gasteiger charge is -2.10. The number of hydrogen-bond acceptors (Lipinski definition) is 4. The first-order valence-electron chi connectivity index (χ1n) is 6.46. The van der Waals surface area contributed by atoms with Crippen LogP contribution in [0.5, 0.6) is 5.75 Å². The van der Waals surface area contributed by atoms with E-state index in [2.05, 4.69) is 15.3 Å². The Bertz CT molecular complexity index is 756. The number of pyridine rings is 2. The van der Waals surface area contributed by atoms with Crippen molar-refractivity contribution in [1.82, 2.24) is 9.97 Å². The molecule has 0 fully saturated rings. The molecular weight excluding hydrogens is 250 g/mol. The minimum absolute atomic E-state index is 0.238. The van der Waals surface area contributed by atoms with Crippen LogP contribution in [0.15, 0.2) is 48.8 Å². The molecule has 0 unspecified atom stereocenters. The van der Waals surface area contributed by atoms with Crippen LogP contribution >= 0.6 is 0 Å². The van der Waals surface area contributed by atoms with E-state index in [4.69, 9.17) is 0 Å². The summed E-state index contributed by atoms with van der Waals surface area (Å²) in [6.45, 7) is 2.64. The Morgan fingerprint density at radius 3 is 2.85 bits per heavy atom. The second kappa shape index (κ2) is 5.17. The lowest BCUT2D eigenvalue weighted by atomic mass is 10.1. The Balaban J connectivity index is 1.91. The summed E-state index contributed by atoms with van der Waals surface area (Å²) in [4.78, 5) is 8.69. The van der Waals surface area contributed by atoms with Crippen LogP contribution in [-0.2, 0) is 6.54 Å². The number of nitrogens with one attached hydrogen (secondary N) is 1. The standard InChI is InChI=1S/C16H15N3O/c1-11-3-2-7-17-15(11)10-19-16-14-9-13(20)5-4-12(14)6-8-18-16/h2-9,20H,10H2,1H3,(H,18,19). The third kappa shape index (κ3) is 2.40. The fourth-order valence-corrected chi connectivity index (χ4v) is 2.17. The molecular formula is C16H15N3O. The molecule has 4 heteroatoms. The third-order valence-electron chi connectivity index (χ3n) is 3.29. The predicted molar refractivity (Wildman–Crippen MR) is 79.7 cm³/mol. The van der Waals surface area contributed by atoms with Crippen molar-refractivity contribution in [3.8, 4) is 5.75 Å². The van der Waals surface area contributed by atoms with Gasteiger partial charge >= 0.3 is 0 Å². The molecule has 20 heavy (non-hydrogen) atoms. The van der Waals surface area contributed by atoms with Gasteiger partial charge in [0.05, 0.1) is 12.2 Å². The monoisotopic (exact) mass is 265 g/mol. The molecule has 0 aliphatic heterocycles. The number of aromatic nitrogens is 2. The molecule has 0 saturated heterocycles. The van der Waals surface area contributed by atoms with Gasteiger partial charge in [-0.2, -0.15) is 0 Å². The number of phenols is 1. The normalized spacial score (nSPS) is 10.7. The number of nitrogens with zero attached hydrogens (tertiary/aromatic N) is 2. The summed E-state index contributed by atoms with van der Waals surface area (Å²) in [6, 6.07) is 11.2. The molecule has 100 valence electrons. The maximum absolute atomic E-state index is 9.62. The summed E-state index contributed by atoms with van der Waals surface area (Å²) in [5, 5.41) is 14.8. The van der Waals surface area contributed by atoms with Crippen molar-refractivity contribution in [3.05, 3.63) is 60.0 Å². The Morgan fingerprint density at radius 1 is 1.10 bits per heavy atom. The Labute approximate surface area is 117 Å². The van der Waals surface area contributed by atoms with Crippen molar-refractivity contribution in [3.63, 3.8) is 0 Å². The van der Waals surface area contributed by atoms with Gasteiger partial charge in [0.1, 0.15) is 11.6 Å². The highest BCUT2D eigenvalue weighted by Gasteiger charge is 2.04. The Morgan fingerprint density at radius 2 is 2.00 bits per heavy atom. The molecule has 0 spiro atoms. The molecule has 0 aliphatic rings. The first-order chi connectivity index (χ1) is 9.74. The molecule has 0 aliphatic carbocycles. The zero-order valence-corrected chi connectivity index (χ0v) is 11.2. The minimum atomic E-state index is 0.238. The topological polar surface area (TPSA) is 58.0 Å². The van der Waals surface area contributed by atoms with E-state index in [1.54, 1.807) is 24.5 Å². The van der Waals surface area contributed by atoms with E-state index in [1.165, 1.54) is 0 Å². The van der Waals surface area contributed by atoms with Crippen molar-refractivity contribution in [1.29, 1.82) is 0 Å². The molecule has 4 nitrogen and oxygen atoms in total. The van der Waals surface area contributed by atoms with Crippen molar-refractivity contribution < 1.29 is 5.11 Å². The summed E-state index contributed by atoms with van der Waals surface area (Å²) in [5.41, 5.74) is 2.13. The van der Waals surface area contributed by atoms with Crippen LogP contribution in [0.4, 0.5) is 5.82 Å². The maximum atomic E-state index is 9.62. The molecule has 0 atom stereocenters. The number of anilines is 1. The zero-order valence-electron chi connectivity index (χ0n) is 11.2. The van der Waals surface area contributed by atoms with Gasteiger partial charge in [-0.05, 0) is 42.1 Å². The van der Waals surface area contributed by atoms with Crippen molar-refractivity contribution in [2.24, 2.45) is 0 Å². The van der Waals surface area contributed by atoms with Crippen LogP contribution in [0.1, 0.15) is 11.3 Å². The van der Waals surface area contributed by atoms with Gasteiger partial charge in [-0.3, -0.25) is 4.98 Å². The smallest absolute Gasteiger partial charge is 0.134 e. The summed E-state index contributed by atoms with van der Waals surface area (Å²) >= 11 is 0. The number of fused-ring (bicyclic) bond motifs is 1. The fourth-order valence-electron chi connectivity index (χ4n) is 2.17. The van der Waals surface area contributed by atoms with E-state index in [0.717, 1.165) is 27.8 Å². The van der Waals surface area contributed by atoms with Crippen molar-refractivity contribution >= 4 is 16.6 Å². The van der Waals surface area contributed by atoms with E-state index in [1.807, 2.05) is 31.2 Å². The highest BCUT2D eigenvalue weighted by atomic mass is 16.3. The average molecular weight is 265 g/mol. The second-order valence-corrected chi connectivity index (χ2v) is 4.69. The molecule has 3 aromatic rings. The van der Waals surface area contributed by atoms with Gasteiger partial charge in [0, 0.05) is 17.8 Å². The van der Waals surface area contributed by atoms with E-state index < -0.39 is 0 Å². The highest BCUT2D eigenvalue weighted by Crippen LogP contribution is 2.25. The number of hydrogen-bond donors (Lipinski definition) is 2. The van der Waals surface area contributed by atoms with Crippen LogP contribution in [0, 0.1) is 6.92 Å². The summed E-state index contributed by atoms with van der Waals surface area (Å²) < 4.78 is 0. The summed E-state index contributed by atoms with van der Waals surface area (Å²) in [6.07, 6.45) is 3.54. The molecule has 0 bridgehead atoms. The molecule has 2 N–H and O–H groups in total. The number of aryl methyl sites for hydroxylation is 1. The number of phenolic OH excluding ortho intramolecular Hbond substituents is 1. The zero-order chi connectivity index (χ0) is 13.9. The molecule has 0 amide bonds. The lowest BCUT2D eigenvalue weighted by molar-refractivity contribution is 0.476. The molecule has 0 saturated carbocycles. The first-order valence-corrected chi connectivity index (χ1v) is 6.46. The number of rotatable bonds is 3. The van der Waals surface area contributed by atoms with Crippen molar-refractivity contribution in [2.75, 3.05) is 5.32 Å². The second-order valence-electron chi connectivity index (χ2n) is 4.69. The average Bonchev–Trinajstić information content (AvgIpc) is 2.46. The van der Waals surface area contributed by atoms with Gasteiger partial charge in [-0.1, -0.05) is 12.1 Å². The van der Waals surface area contributed by atoms with Crippen LogP contribution in [-0.4, -0.2) is 15.1 Å². The van der Waals surface area contributed by atoms with E-state index in [0.29, 0.717) is 6.54 Å². The van der Waals surface area contributed by atoms with Crippen LogP contribution in [0.2, 0.25) is 0 Å². The third-order valence-corrected chi connectivity index (χ3v) is 3.29. The molecule has 3 rings (SSSR count).